The second-order valence-corrected chi connectivity index (χ2v) is 9.09. The SMILES string of the molecule is Cc1sc(NC(=O)c2cccs2)c([C@@H](c2ccccc2)N2CCOCC2)c1C. The molecule has 4 nitrogen and oxygen atoms in total. The molecular weight excluding hydrogens is 388 g/mol. The zero-order valence-corrected chi connectivity index (χ0v) is 17.7. The van der Waals surface area contributed by atoms with E-state index >= 15 is 0 Å². The van der Waals surface area contributed by atoms with E-state index in [1.54, 1.807) is 11.3 Å². The molecule has 1 N–H and O–H groups in total. The smallest absolute Gasteiger partial charge is 0.266 e. The Morgan fingerprint density at radius 2 is 1.86 bits per heavy atom. The lowest BCUT2D eigenvalue weighted by Crippen LogP contribution is -2.39. The van der Waals surface area contributed by atoms with Crippen molar-refractivity contribution in [2.75, 3.05) is 31.6 Å². The Labute approximate surface area is 173 Å². The summed E-state index contributed by atoms with van der Waals surface area (Å²) >= 11 is 3.13. The van der Waals surface area contributed by atoms with Gasteiger partial charge in [0.15, 0.2) is 0 Å². The van der Waals surface area contributed by atoms with Crippen molar-refractivity contribution in [1.29, 1.82) is 0 Å². The molecule has 3 aromatic rings. The van der Waals surface area contributed by atoms with E-state index in [4.69, 9.17) is 4.74 Å². The number of hydrogen-bond donors (Lipinski definition) is 1. The number of benzene rings is 1. The Morgan fingerprint density at radius 3 is 2.54 bits per heavy atom. The summed E-state index contributed by atoms with van der Waals surface area (Å²) in [5, 5.41) is 6.08. The van der Waals surface area contributed by atoms with Gasteiger partial charge in [0.05, 0.1) is 24.1 Å². The molecule has 0 bridgehead atoms. The first kappa shape index (κ1) is 19.3. The van der Waals surface area contributed by atoms with Crippen molar-refractivity contribution in [3.8, 4) is 0 Å². The minimum Gasteiger partial charge on any atom is -0.379 e. The normalized spacial score (nSPS) is 16.1. The van der Waals surface area contributed by atoms with Crippen LogP contribution in [-0.4, -0.2) is 37.1 Å². The maximum absolute atomic E-state index is 12.8. The number of thiophene rings is 2. The predicted molar refractivity (Wildman–Crippen MR) is 117 cm³/mol. The fraction of sp³-hybridized carbons (Fsp3) is 0.318. The van der Waals surface area contributed by atoms with Crippen molar-refractivity contribution in [2.45, 2.75) is 19.9 Å². The maximum atomic E-state index is 12.8. The zero-order valence-electron chi connectivity index (χ0n) is 16.1. The summed E-state index contributed by atoms with van der Waals surface area (Å²) in [4.78, 5) is 17.2. The van der Waals surface area contributed by atoms with Gasteiger partial charge in [0.1, 0.15) is 5.00 Å². The van der Waals surface area contributed by atoms with E-state index in [9.17, 15) is 4.79 Å². The summed E-state index contributed by atoms with van der Waals surface area (Å²) < 4.78 is 5.59. The average Bonchev–Trinajstić information content (AvgIpc) is 3.35. The van der Waals surface area contributed by atoms with Gasteiger partial charge in [-0.3, -0.25) is 9.69 Å². The van der Waals surface area contributed by atoms with Gasteiger partial charge >= 0.3 is 0 Å². The van der Waals surface area contributed by atoms with Crippen LogP contribution in [0.4, 0.5) is 5.00 Å². The fourth-order valence-electron chi connectivity index (χ4n) is 3.67. The Balaban J connectivity index is 1.76. The zero-order chi connectivity index (χ0) is 19.5. The molecule has 0 saturated carbocycles. The topological polar surface area (TPSA) is 41.6 Å². The Hall–Kier alpha value is -1.99. The molecule has 2 aromatic heterocycles. The van der Waals surface area contributed by atoms with E-state index in [1.807, 2.05) is 23.6 Å². The number of amides is 1. The number of carbonyl (C=O) groups excluding carboxylic acids is 1. The Bertz CT molecular complexity index is 929. The number of morpholine rings is 1. The summed E-state index contributed by atoms with van der Waals surface area (Å²) in [5.74, 6) is -0.0358. The summed E-state index contributed by atoms with van der Waals surface area (Å²) in [5.41, 5.74) is 3.71. The number of rotatable bonds is 5. The third-order valence-electron chi connectivity index (χ3n) is 5.20. The molecule has 1 atom stereocenters. The monoisotopic (exact) mass is 412 g/mol. The largest absolute Gasteiger partial charge is 0.379 e. The van der Waals surface area contributed by atoms with Gasteiger partial charge < -0.3 is 10.1 Å². The number of nitrogens with one attached hydrogen (secondary N) is 1. The highest BCUT2D eigenvalue weighted by Gasteiger charge is 2.30. The first-order valence-corrected chi connectivity index (χ1v) is 11.2. The fourth-order valence-corrected chi connectivity index (χ4v) is 5.38. The predicted octanol–water partition coefficient (Wildman–Crippen LogP) is 5.10. The number of ether oxygens (including phenoxy) is 1. The lowest BCUT2D eigenvalue weighted by Gasteiger charge is -2.35. The Morgan fingerprint density at radius 1 is 1.11 bits per heavy atom. The summed E-state index contributed by atoms with van der Waals surface area (Å²) in [6.45, 7) is 7.53. The molecule has 0 unspecified atom stereocenters. The molecule has 1 aliphatic heterocycles. The van der Waals surface area contributed by atoms with E-state index in [2.05, 4.69) is 48.3 Å². The van der Waals surface area contributed by atoms with Crippen LogP contribution in [0.2, 0.25) is 0 Å². The quantitative estimate of drug-likeness (QED) is 0.634. The third kappa shape index (κ3) is 3.91. The van der Waals surface area contributed by atoms with Crippen LogP contribution in [-0.2, 0) is 4.74 Å². The van der Waals surface area contributed by atoms with E-state index in [-0.39, 0.29) is 11.9 Å². The van der Waals surface area contributed by atoms with Crippen LogP contribution in [0.5, 0.6) is 0 Å². The Kier molecular flexibility index (Phi) is 5.92. The van der Waals surface area contributed by atoms with E-state index < -0.39 is 0 Å². The van der Waals surface area contributed by atoms with Crippen LogP contribution in [0.15, 0.2) is 47.8 Å². The van der Waals surface area contributed by atoms with Gasteiger partial charge in [-0.2, -0.15) is 0 Å². The highest BCUT2D eigenvalue weighted by Crippen LogP contribution is 2.42. The van der Waals surface area contributed by atoms with Crippen molar-refractivity contribution in [3.05, 3.63) is 74.3 Å². The van der Waals surface area contributed by atoms with Gasteiger partial charge in [0.25, 0.3) is 5.91 Å². The molecular formula is C22H24N2O2S2. The summed E-state index contributed by atoms with van der Waals surface area (Å²) in [6.07, 6.45) is 0. The molecule has 3 heterocycles. The van der Waals surface area contributed by atoms with Crippen molar-refractivity contribution in [3.63, 3.8) is 0 Å². The van der Waals surface area contributed by atoms with E-state index in [0.717, 1.165) is 36.2 Å². The van der Waals surface area contributed by atoms with Gasteiger partial charge in [0.2, 0.25) is 0 Å². The molecule has 1 aromatic carbocycles. The van der Waals surface area contributed by atoms with Crippen molar-refractivity contribution < 1.29 is 9.53 Å². The number of anilines is 1. The highest BCUT2D eigenvalue weighted by molar-refractivity contribution is 7.17. The van der Waals surface area contributed by atoms with E-state index in [1.165, 1.54) is 32.9 Å². The van der Waals surface area contributed by atoms with Crippen molar-refractivity contribution >= 4 is 33.6 Å². The molecule has 0 spiro atoms. The number of nitrogens with zero attached hydrogens (tertiary/aromatic N) is 1. The van der Waals surface area contributed by atoms with Gasteiger partial charge in [-0.15, -0.1) is 22.7 Å². The number of hydrogen-bond acceptors (Lipinski definition) is 5. The molecule has 1 fully saturated rings. The minimum absolute atomic E-state index is 0.0358. The van der Waals surface area contributed by atoms with Gasteiger partial charge in [-0.25, -0.2) is 0 Å². The molecule has 6 heteroatoms. The highest BCUT2D eigenvalue weighted by atomic mass is 32.1. The van der Waals surface area contributed by atoms with Crippen molar-refractivity contribution in [1.82, 2.24) is 4.90 Å². The molecule has 28 heavy (non-hydrogen) atoms. The van der Waals surface area contributed by atoms with Crippen LogP contribution in [0.1, 0.15) is 37.3 Å². The standard InChI is InChI=1S/C22H24N2O2S2/c1-15-16(2)28-22(23-21(25)18-9-6-14-27-18)19(15)20(17-7-4-3-5-8-17)24-10-12-26-13-11-24/h3-9,14,20H,10-13H2,1-2H3,(H,23,25)/t20-/m1/s1. The first-order valence-electron chi connectivity index (χ1n) is 9.46. The van der Waals surface area contributed by atoms with Crippen LogP contribution in [0.3, 0.4) is 0 Å². The van der Waals surface area contributed by atoms with E-state index in [0.29, 0.717) is 0 Å². The average molecular weight is 413 g/mol. The molecule has 0 aliphatic carbocycles. The molecule has 0 radical (unpaired) electrons. The third-order valence-corrected chi connectivity index (χ3v) is 7.21. The second kappa shape index (κ2) is 8.57. The van der Waals surface area contributed by atoms with Crippen molar-refractivity contribution in [2.24, 2.45) is 0 Å². The minimum atomic E-state index is -0.0358. The first-order chi connectivity index (χ1) is 13.6. The van der Waals surface area contributed by atoms with Crippen LogP contribution >= 0.6 is 22.7 Å². The second-order valence-electron chi connectivity index (χ2n) is 6.92. The lowest BCUT2D eigenvalue weighted by molar-refractivity contribution is 0.0240. The lowest BCUT2D eigenvalue weighted by atomic mass is 9.94. The molecule has 1 aliphatic rings. The number of aryl methyl sites for hydroxylation is 1. The van der Waals surface area contributed by atoms with Gasteiger partial charge in [-0.05, 0) is 36.4 Å². The van der Waals surface area contributed by atoms with Crippen LogP contribution in [0.25, 0.3) is 0 Å². The van der Waals surface area contributed by atoms with Crippen LogP contribution < -0.4 is 5.32 Å². The molecule has 146 valence electrons. The number of carbonyl (C=O) groups is 1. The molecule has 1 amide bonds. The van der Waals surface area contributed by atoms with Gasteiger partial charge in [0, 0.05) is 23.5 Å². The summed E-state index contributed by atoms with van der Waals surface area (Å²) in [6, 6.07) is 14.5. The van der Waals surface area contributed by atoms with Gasteiger partial charge in [-0.1, -0.05) is 36.4 Å². The molecule has 1 saturated heterocycles. The summed E-state index contributed by atoms with van der Waals surface area (Å²) in [7, 11) is 0. The molecule has 4 rings (SSSR count). The van der Waals surface area contributed by atoms with Crippen LogP contribution in [0, 0.1) is 13.8 Å². The maximum Gasteiger partial charge on any atom is 0.266 e.